The Balaban J connectivity index is 1.77. The molecule has 1 aromatic rings. The zero-order valence-corrected chi connectivity index (χ0v) is 13.8. The first-order chi connectivity index (χ1) is 9.56. The number of aliphatic hydroxyl groups is 1. The summed E-state index contributed by atoms with van der Waals surface area (Å²) in [5.74, 6) is 0. The smallest absolute Gasteiger partial charge is 0.0914 e. The summed E-state index contributed by atoms with van der Waals surface area (Å²) in [6.45, 7) is 4.82. The van der Waals surface area contributed by atoms with Gasteiger partial charge in [-0.25, -0.2) is 0 Å². The van der Waals surface area contributed by atoms with Crippen molar-refractivity contribution in [3.63, 3.8) is 0 Å². The predicted molar refractivity (Wildman–Crippen MR) is 85.9 cm³/mol. The van der Waals surface area contributed by atoms with Gasteiger partial charge >= 0.3 is 0 Å². The van der Waals surface area contributed by atoms with Crippen LogP contribution in [0.3, 0.4) is 0 Å². The van der Waals surface area contributed by atoms with Gasteiger partial charge in [0.05, 0.1) is 6.10 Å². The minimum atomic E-state index is -0.459. The fourth-order valence-electron chi connectivity index (χ4n) is 2.54. The Labute approximate surface area is 129 Å². The molecule has 0 bridgehead atoms. The molecular weight excluding hydrogens is 318 g/mol. The van der Waals surface area contributed by atoms with Gasteiger partial charge in [-0.15, -0.1) is 0 Å². The number of rotatable bonds is 5. The Morgan fingerprint density at radius 1 is 1.40 bits per heavy atom. The second-order valence-corrected chi connectivity index (χ2v) is 6.54. The Hall–Kier alpha value is -0.460. The van der Waals surface area contributed by atoms with Gasteiger partial charge in [-0.3, -0.25) is 4.90 Å². The third-order valence-corrected chi connectivity index (χ3v) is 4.42. The normalized spacial score (nSPS) is 22.9. The zero-order valence-electron chi connectivity index (χ0n) is 12.2. The van der Waals surface area contributed by atoms with E-state index in [1.54, 1.807) is 0 Å². The van der Waals surface area contributed by atoms with Crippen molar-refractivity contribution < 1.29 is 5.11 Å². The van der Waals surface area contributed by atoms with Crippen LogP contribution in [0.4, 0.5) is 0 Å². The van der Waals surface area contributed by atoms with Crippen LogP contribution in [0.2, 0.25) is 0 Å². The highest BCUT2D eigenvalue weighted by molar-refractivity contribution is 9.10. The van der Waals surface area contributed by atoms with Gasteiger partial charge in [-0.2, -0.15) is 0 Å². The molecular formula is C15H24BrN3O. The largest absolute Gasteiger partial charge is 0.387 e. The van der Waals surface area contributed by atoms with Crippen LogP contribution in [0, 0.1) is 0 Å². The fourth-order valence-corrected chi connectivity index (χ4v) is 2.96. The lowest BCUT2D eigenvalue weighted by atomic mass is 10.1. The average molecular weight is 342 g/mol. The van der Waals surface area contributed by atoms with Gasteiger partial charge in [0.25, 0.3) is 0 Å². The van der Waals surface area contributed by atoms with E-state index in [4.69, 9.17) is 0 Å². The van der Waals surface area contributed by atoms with E-state index < -0.39 is 6.10 Å². The van der Waals surface area contributed by atoms with Gasteiger partial charge < -0.3 is 15.3 Å². The average Bonchev–Trinajstić information content (AvgIpc) is 2.42. The van der Waals surface area contributed by atoms with Crippen molar-refractivity contribution in [2.24, 2.45) is 0 Å². The van der Waals surface area contributed by atoms with Crippen molar-refractivity contribution in [1.82, 2.24) is 15.1 Å². The standard InChI is InChI=1S/C15H24BrN3O/c1-18-6-7-19(2)14(11-18)9-17-10-15(20)12-4-3-5-13(16)8-12/h3-5,8,14-15,17,20H,6-7,9-11H2,1-2H3. The number of piperazine rings is 1. The maximum atomic E-state index is 10.2. The molecule has 1 heterocycles. The van der Waals surface area contributed by atoms with Crippen molar-refractivity contribution in [2.45, 2.75) is 12.1 Å². The van der Waals surface area contributed by atoms with Gasteiger partial charge in [0.2, 0.25) is 0 Å². The van der Waals surface area contributed by atoms with Gasteiger partial charge in [0, 0.05) is 43.2 Å². The highest BCUT2D eigenvalue weighted by Gasteiger charge is 2.21. The molecule has 0 saturated carbocycles. The summed E-state index contributed by atoms with van der Waals surface area (Å²) >= 11 is 3.43. The highest BCUT2D eigenvalue weighted by Crippen LogP contribution is 2.17. The lowest BCUT2D eigenvalue weighted by Gasteiger charge is -2.38. The molecule has 1 aromatic carbocycles. The van der Waals surface area contributed by atoms with Crippen LogP contribution in [0.15, 0.2) is 28.7 Å². The first kappa shape index (κ1) is 15.9. The van der Waals surface area contributed by atoms with Crippen LogP contribution in [0.1, 0.15) is 11.7 Å². The molecule has 2 rings (SSSR count). The van der Waals surface area contributed by atoms with Crippen molar-refractivity contribution in [3.8, 4) is 0 Å². The van der Waals surface area contributed by atoms with Crippen LogP contribution in [0.5, 0.6) is 0 Å². The molecule has 2 N–H and O–H groups in total. The summed E-state index contributed by atoms with van der Waals surface area (Å²) in [5.41, 5.74) is 0.945. The summed E-state index contributed by atoms with van der Waals surface area (Å²) < 4.78 is 1.00. The van der Waals surface area contributed by atoms with Crippen molar-refractivity contribution in [2.75, 3.05) is 46.8 Å². The number of hydrogen-bond donors (Lipinski definition) is 2. The number of nitrogens with one attached hydrogen (secondary N) is 1. The number of likely N-dealkylation sites (N-methyl/N-ethyl adjacent to an activating group) is 2. The Bertz CT molecular complexity index is 429. The molecule has 0 amide bonds. The number of hydrogen-bond acceptors (Lipinski definition) is 4. The van der Waals surface area contributed by atoms with Gasteiger partial charge in [0.1, 0.15) is 0 Å². The molecule has 2 unspecified atom stereocenters. The van der Waals surface area contributed by atoms with E-state index >= 15 is 0 Å². The molecule has 0 spiro atoms. The molecule has 112 valence electrons. The van der Waals surface area contributed by atoms with Crippen LogP contribution < -0.4 is 5.32 Å². The van der Waals surface area contributed by atoms with E-state index in [9.17, 15) is 5.11 Å². The first-order valence-electron chi connectivity index (χ1n) is 7.09. The first-order valence-corrected chi connectivity index (χ1v) is 7.88. The minimum absolute atomic E-state index is 0.459. The monoisotopic (exact) mass is 341 g/mol. The summed E-state index contributed by atoms with van der Waals surface area (Å²) in [5, 5.41) is 13.6. The van der Waals surface area contributed by atoms with Crippen molar-refractivity contribution in [1.29, 1.82) is 0 Å². The molecule has 1 aliphatic rings. The van der Waals surface area contributed by atoms with E-state index in [-0.39, 0.29) is 0 Å². The molecule has 5 heteroatoms. The van der Waals surface area contributed by atoms with E-state index in [0.717, 1.165) is 36.2 Å². The lowest BCUT2D eigenvalue weighted by molar-refractivity contribution is 0.108. The van der Waals surface area contributed by atoms with E-state index in [1.807, 2.05) is 24.3 Å². The predicted octanol–water partition coefficient (Wildman–Crippen LogP) is 1.32. The Morgan fingerprint density at radius 2 is 2.20 bits per heavy atom. The molecule has 0 aliphatic carbocycles. The third kappa shape index (κ3) is 4.53. The van der Waals surface area contributed by atoms with E-state index in [0.29, 0.717) is 12.6 Å². The number of benzene rings is 1. The van der Waals surface area contributed by atoms with Crippen LogP contribution >= 0.6 is 15.9 Å². The number of aliphatic hydroxyl groups excluding tert-OH is 1. The van der Waals surface area contributed by atoms with Crippen molar-refractivity contribution >= 4 is 15.9 Å². The second-order valence-electron chi connectivity index (χ2n) is 5.63. The molecule has 1 saturated heterocycles. The lowest BCUT2D eigenvalue weighted by Crippen LogP contribution is -2.54. The Kier molecular flexibility index (Phi) is 5.99. The zero-order chi connectivity index (χ0) is 14.5. The minimum Gasteiger partial charge on any atom is -0.387 e. The SMILES string of the molecule is CN1CCN(C)C(CNCC(O)c2cccc(Br)c2)C1. The quantitative estimate of drug-likeness (QED) is 0.847. The van der Waals surface area contributed by atoms with Crippen molar-refractivity contribution in [3.05, 3.63) is 34.3 Å². The van der Waals surface area contributed by atoms with Crippen LogP contribution in [-0.2, 0) is 0 Å². The Morgan fingerprint density at radius 3 is 2.95 bits per heavy atom. The van der Waals surface area contributed by atoms with Gasteiger partial charge in [-0.05, 0) is 31.8 Å². The summed E-state index contributed by atoms with van der Waals surface area (Å²) in [7, 11) is 4.33. The maximum Gasteiger partial charge on any atom is 0.0914 e. The topological polar surface area (TPSA) is 38.7 Å². The number of nitrogens with zero attached hydrogens (tertiary/aromatic N) is 2. The van der Waals surface area contributed by atoms with E-state index in [1.165, 1.54) is 0 Å². The van der Waals surface area contributed by atoms with Gasteiger partial charge in [0.15, 0.2) is 0 Å². The summed E-state index contributed by atoms with van der Waals surface area (Å²) in [6.07, 6.45) is -0.459. The summed E-state index contributed by atoms with van der Waals surface area (Å²) in [6, 6.07) is 8.36. The second kappa shape index (κ2) is 7.52. The number of halogens is 1. The molecule has 4 nitrogen and oxygen atoms in total. The molecule has 1 fully saturated rings. The maximum absolute atomic E-state index is 10.2. The third-order valence-electron chi connectivity index (χ3n) is 3.93. The fraction of sp³-hybridized carbons (Fsp3) is 0.600. The van der Waals surface area contributed by atoms with Gasteiger partial charge in [-0.1, -0.05) is 28.1 Å². The summed E-state index contributed by atoms with van der Waals surface area (Å²) in [4.78, 5) is 4.75. The molecule has 1 aliphatic heterocycles. The molecule has 0 aromatic heterocycles. The van der Waals surface area contributed by atoms with Crippen LogP contribution in [0.25, 0.3) is 0 Å². The molecule has 0 radical (unpaired) electrons. The highest BCUT2D eigenvalue weighted by atomic mass is 79.9. The van der Waals surface area contributed by atoms with E-state index in [2.05, 4.69) is 45.1 Å². The molecule has 20 heavy (non-hydrogen) atoms. The molecule has 2 atom stereocenters. The van der Waals surface area contributed by atoms with Crippen LogP contribution in [-0.4, -0.2) is 67.8 Å².